The highest BCUT2D eigenvalue weighted by Crippen LogP contribution is 1.80. The van der Waals surface area contributed by atoms with Crippen LogP contribution in [-0.4, -0.2) is 25.5 Å². The smallest absolute Gasteiger partial charge is 0.0596 e. The third-order valence-corrected chi connectivity index (χ3v) is 0.895. The maximum atomic E-state index is 3.07. The SMILES string of the molecule is CCCC#CCN(C)C. The summed E-state index contributed by atoms with van der Waals surface area (Å²) in [6.07, 6.45) is 2.20. The van der Waals surface area contributed by atoms with Crippen LogP contribution in [0.3, 0.4) is 0 Å². The Hall–Kier alpha value is -0.480. The van der Waals surface area contributed by atoms with Gasteiger partial charge in [-0.15, -0.1) is 5.92 Å². The molecule has 0 aliphatic carbocycles. The summed E-state index contributed by atoms with van der Waals surface area (Å²) in [6, 6.07) is 0. The van der Waals surface area contributed by atoms with Gasteiger partial charge in [0.2, 0.25) is 0 Å². The Morgan fingerprint density at radius 3 is 2.33 bits per heavy atom. The molecule has 0 fully saturated rings. The third-order valence-electron chi connectivity index (χ3n) is 0.895. The van der Waals surface area contributed by atoms with Gasteiger partial charge in [-0.25, -0.2) is 0 Å². The molecule has 0 radical (unpaired) electrons. The molecular weight excluding hydrogens is 110 g/mol. The second kappa shape index (κ2) is 5.65. The molecule has 52 valence electrons. The molecule has 0 aromatic heterocycles. The molecule has 0 bridgehead atoms. The summed E-state index contributed by atoms with van der Waals surface area (Å²) >= 11 is 0. The molecule has 0 saturated heterocycles. The Labute approximate surface area is 58.1 Å². The van der Waals surface area contributed by atoms with Crippen LogP contribution in [0.1, 0.15) is 19.8 Å². The van der Waals surface area contributed by atoms with Crippen LogP contribution < -0.4 is 0 Å². The number of nitrogens with zero attached hydrogens (tertiary/aromatic N) is 1. The van der Waals surface area contributed by atoms with Gasteiger partial charge in [-0.3, -0.25) is 4.90 Å². The topological polar surface area (TPSA) is 3.24 Å². The first kappa shape index (κ1) is 8.52. The minimum absolute atomic E-state index is 0.889. The van der Waals surface area contributed by atoms with Gasteiger partial charge in [0.15, 0.2) is 0 Å². The van der Waals surface area contributed by atoms with Gasteiger partial charge in [-0.2, -0.15) is 0 Å². The molecule has 0 amide bonds. The first-order chi connectivity index (χ1) is 4.27. The molecule has 0 saturated carbocycles. The standard InChI is InChI=1S/C8H15N/c1-4-5-6-7-8-9(2)3/h4-5,8H2,1-3H3. The molecule has 0 rings (SSSR count). The fraction of sp³-hybridized carbons (Fsp3) is 0.750. The minimum Gasteiger partial charge on any atom is -0.299 e. The zero-order valence-electron chi connectivity index (χ0n) is 6.57. The Kier molecular flexibility index (Phi) is 5.35. The van der Waals surface area contributed by atoms with E-state index in [0.717, 1.165) is 13.0 Å². The second-order valence-electron chi connectivity index (χ2n) is 2.34. The highest BCUT2D eigenvalue weighted by Gasteiger charge is 1.78. The maximum Gasteiger partial charge on any atom is 0.0596 e. The van der Waals surface area contributed by atoms with Gasteiger partial charge >= 0.3 is 0 Å². The molecule has 0 heterocycles. The van der Waals surface area contributed by atoms with Crippen LogP contribution in [0.25, 0.3) is 0 Å². The highest BCUT2D eigenvalue weighted by atomic mass is 15.0. The average molecular weight is 125 g/mol. The summed E-state index contributed by atoms with van der Waals surface area (Å²) < 4.78 is 0. The van der Waals surface area contributed by atoms with Crippen molar-refractivity contribution in [1.29, 1.82) is 0 Å². The number of rotatable bonds is 2. The van der Waals surface area contributed by atoms with E-state index in [1.54, 1.807) is 0 Å². The molecule has 0 aliphatic rings. The van der Waals surface area contributed by atoms with Crippen molar-refractivity contribution < 1.29 is 0 Å². The summed E-state index contributed by atoms with van der Waals surface area (Å²) in [5.74, 6) is 6.14. The third kappa shape index (κ3) is 7.52. The summed E-state index contributed by atoms with van der Waals surface area (Å²) in [5, 5.41) is 0. The van der Waals surface area contributed by atoms with Crippen LogP contribution in [0.15, 0.2) is 0 Å². The van der Waals surface area contributed by atoms with E-state index < -0.39 is 0 Å². The lowest BCUT2D eigenvalue weighted by Crippen LogP contribution is -2.10. The van der Waals surface area contributed by atoms with Crippen molar-refractivity contribution in [2.45, 2.75) is 19.8 Å². The first-order valence-corrected chi connectivity index (χ1v) is 3.37. The van der Waals surface area contributed by atoms with Gasteiger partial charge in [-0.05, 0) is 20.5 Å². The van der Waals surface area contributed by atoms with Crippen molar-refractivity contribution in [3.63, 3.8) is 0 Å². The van der Waals surface area contributed by atoms with E-state index in [-0.39, 0.29) is 0 Å². The van der Waals surface area contributed by atoms with E-state index in [1.165, 1.54) is 6.42 Å². The van der Waals surface area contributed by atoms with Crippen LogP contribution >= 0.6 is 0 Å². The van der Waals surface area contributed by atoms with Gasteiger partial charge < -0.3 is 0 Å². The molecule has 1 nitrogen and oxygen atoms in total. The molecule has 0 aromatic carbocycles. The van der Waals surface area contributed by atoms with E-state index in [4.69, 9.17) is 0 Å². The minimum atomic E-state index is 0.889. The summed E-state index contributed by atoms with van der Waals surface area (Å²) in [7, 11) is 4.06. The van der Waals surface area contributed by atoms with Gasteiger partial charge in [0.25, 0.3) is 0 Å². The molecule has 0 N–H and O–H groups in total. The largest absolute Gasteiger partial charge is 0.299 e. The summed E-state index contributed by atoms with van der Waals surface area (Å²) in [4.78, 5) is 2.07. The lowest BCUT2D eigenvalue weighted by molar-refractivity contribution is 0.463. The average Bonchev–Trinajstić information content (AvgIpc) is 1.80. The first-order valence-electron chi connectivity index (χ1n) is 3.37. The van der Waals surface area contributed by atoms with Crippen LogP contribution in [0, 0.1) is 11.8 Å². The lowest BCUT2D eigenvalue weighted by atomic mass is 10.3. The predicted octanol–water partition coefficient (Wildman–Crippen LogP) is 1.35. The molecule has 0 unspecified atom stereocenters. The van der Waals surface area contributed by atoms with Gasteiger partial charge in [0.05, 0.1) is 6.54 Å². The van der Waals surface area contributed by atoms with Gasteiger partial charge in [-0.1, -0.05) is 12.8 Å². The van der Waals surface area contributed by atoms with Crippen molar-refractivity contribution in [2.75, 3.05) is 20.6 Å². The van der Waals surface area contributed by atoms with Crippen LogP contribution in [0.5, 0.6) is 0 Å². The van der Waals surface area contributed by atoms with Gasteiger partial charge in [0, 0.05) is 6.42 Å². The zero-order valence-corrected chi connectivity index (χ0v) is 6.57. The Bertz CT molecular complexity index is 105. The summed E-state index contributed by atoms with van der Waals surface area (Å²) in [5.41, 5.74) is 0. The number of hydrogen-bond acceptors (Lipinski definition) is 1. The zero-order chi connectivity index (χ0) is 7.11. The molecule has 0 aromatic rings. The number of unbranched alkanes of at least 4 members (excludes halogenated alkanes) is 1. The van der Waals surface area contributed by atoms with E-state index in [2.05, 4.69) is 23.7 Å². The van der Waals surface area contributed by atoms with Crippen molar-refractivity contribution in [3.05, 3.63) is 0 Å². The molecule has 0 aliphatic heterocycles. The van der Waals surface area contributed by atoms with E-state index >= 15 is 0 Å². The summed E-state index contributed by atoms with van der Waals surface area (Å²) in [6.45, 7) is 3.03. The van der Waals surface area contributed by atoms with E-state index in [1.807, 2.05) is 14.1 Å². The monoisotopic (exact) mass is 125 g/mol. The molecular formula is C8H15N. The number of hydrogen-bond donors (Lipinski definition) is 0. The lowest BCUT2D eigenvalue weighted by Gasteiger charge is -2.00. The molecule has 1 heteroatoms. The van der Waals surface area contributed by atoms with Crippen molar-refractivity contribution in [1.82, 2.24) is 4.90 Å². The van der Waals surface area contributed by atoms with Crippen LogP contribution in [0.2, 0.25) is 0 Å². The van der Waals surface area contributed by atoms with E-state index in [9.17, 15) is 0 Å². The van der Waals surface area contributed by atoms with Crippen LogP contribution in [-0.2, 0) is 0 Å². The van der Waals surface area contributed by atoms with E-state index in [0.29, 0.717) is 0 Å². The second-order valence-corrected chi connectivity index (χ2v) is 2.34. The fourth-order valence-corrected chi connectivity index (χ4v) is 0.427. The fourth-order valence-electron chi connectivity index (χ4n) is 0.427. The van der Waals surface area contributed by atoms with Crippen molar-refractivity contribution in [3.8, 4) is 11.8 Å². The molecule has 9 heavy (non-hydrogen) atoms. The predicted molar refractivity (Wildman–Crippen MR) is 41.2 cm³/mol. The molecule has 0 atom stereocenters. The van der Waals surface area contributed by atoms with Gasteiger partial charge in [0.1, 0.15) is 0 Å². The quantitative estimate of drug-likeness (QED) is 0.503. The Morgan fingerprint density at radius 1 is 1.22 bits per heavy atom. The maximum absolute atomic E-state index is 3.07. The Morgan fingerprint density at radius 2 is 1.89 bits per heavy atom. The molecule has 0 spiro atoms. The Balaban J connectivity index is 3.16. The van der Waals surface area contributed by atoms with Crippen molar-refractivity contribution >= 4 is 0 Å². The van der Waals surface area contributed by atoms with Crippen LogP contribution in [0.4, 0.5) is 0 Å². The normalized spacial score (nSPS) is 8.89. The van der Waals surface area contributed by atoms with Crippen molar-refractivity contribution in [2.24, 2.45) is 0 Å². The highest BCUT2D eigenvalue weighted by molar-refractivity contribution is 5.00.